The van der Waals surface area contributed by atoms with Gasteiger partial charge in [-0.15, -0.1) is 0 Å². The maximum atomic E-state index is 13.2. The highest BCUT2D eigenvalue weighted by atomic mass is 19.4. The highest BCUT2D eigenvalue weighted by Crippen LogP contribution is 2.34. The molecule has 8 heteroatoms. The molecule has 0 bridgehead atoms. The van der Waals surface area contributed by atoms with E-state index in [2.05, 4.69) is 5.32 Å². The van der Waals surface area contributed by atoms with E-state index >= 15 is 0 Å². The van der Waals surface area contributed by atoms with Crippen molar-refractivity contribution >= 4 is 17.6 Å². The molecule has 0 heterocycles. The third-order valence-electron chi connectivity index (χ3n) is 2.94. The molecule has 0 saturated carbocycles. The van der Waals surface area contributed by atoms with E-state index in [0.717, 1.165) is 6.08 Å². The number of carboxylic acid groups (broad SMARTS) is 1. The van der Waals surface area contributed by atoms with E-state index in [1.807, 2.05) is 0 Å². The van der Waals surface area contributed by atoms with Crippen LogP contribution in [0, 0.1) is 0 Å². The normalized spacial score (nSPS) is 13.9. The first-order valence-corrected chi connectivity index (χ1v) is 7.45. The molecule has 0 radical (unpaired) electrons. The Labute approximate surface area is 143 Å². The Hall–Kier alpha value is -2.51. The molecule has 1 aromatic rings. The molecule has 0 aromatic heterocycles. The van der Waals surface area contributed by atoms with Crippen LogP contribution in [0.2, 0.25) is 0 Å². The zero-order chi connectivity index (χ0) is 19.3. The van der Waals surface area contributed by atoms with Gasteiger partial charge in [-0.25, -0.2) is 9.59 Å². The molecular weight excluding hydrogens is 339 g/mol. The summed E-state index contributed by atoms with van der Waals surface area (Å²) in [6.07, 6.45) is -5.46. The molecule has 1 rings (SSSR count). The Morgan fingerprint density at radius 2 is 1.76 bits per heavy atom. The molecule has 0 spiro atoms. The minimum absolute atomic E-state index is 0.0867. The highest BCUT2D eigenvalue weighted by Gasteiger charge is 2.35. The molecule has 25 heavy (non-hydrogen) atoms. The van der Waals surface area contributed by atoms with Crippen molar-refractivity contribution in [1.29, 1.82) is 0 Å². The number of nitrogens with one attached hydrogen (secondary N) is 1. The van der Waals surface area contributed by atoms with Crippen LogP contribution in [0.5, 0.6) is 0 Å². The van der Waals surface area contributed by atoms with Gasteiger partial charge in [0.05, 0.1) is 5.57 Å². The number of halogens is 3. The van der Waals surface area contributed by atoms with Gasteiger partial charge in [-0.1, -0.05) is 36.4 Å². The van der Waals surface area contributed by atoms with E-state index in [1.165, 1.54) is 24.3 Å². The van der Waals surface area contributed by atoms with Crippen molar-refractivity contribution in [3.63, 3.8) is 0 Å². The van der Waals surface area contributed by atoms with E-state index < -0.39 is 41.9 Å². The largest absolute Gasteiger partial charge is 0.480 e. The van der Waals surface area contributed by atoms with Crippen molar-refractivity contribution in [2.75, 3.05) is 0 Å². The van der Waals surface area contributed by atoms with Crippen molar-refractivity contribution in [3.8, 4) is 0 Å². The van der Waals surface area contributed by atoms with Crippen molar-refractivity contribution in [1.82, 2.24) is 5.32 Å². The fourth-order valence-electron chi connectivity index (χ4n) is 1.92. The van der Waals surface area contributed by atoms with Crippen LogP contribution >= 0.6 is 0 Å². The number of aliphatic carboxylic acids is 1. The summed E-state index contributed by atoms with van der Waals surface area (Å²) in [6.45, 7) is 4.75. The predicted octanol–water partition coefficient (Wildman–Crippen LogP) is 4.00. The summed E-state index contributed by atoms with van der Waals surface area (Å²) >= 11 is 0. The monoisotopic (exact) mass is 359 g/mol. The fourth-order valence-corrected chi connectivity index (χ4v) is 1.92. The van der Waals surface area contributed by atoms with E-state index in [9.17, 15) is 22.8 Å². The Kier molecular flexibility index (Phi) is 6.61. The summed E-state index contributed by atoms with van der Waals surface area (Å²) in [4.78, 5) is 22.9. The molecule has 0 aliphatic carbocycles. The van der Waals surface area contributed by atoms with E-state index in [0.29, 0.717) is 0 Å². The number of rotatable bonds is 5. The number of alkyl halides is 3. The van der Waals surface area contributed by atoms with E-state index in [4.69, 9.17) is 9.84 Å². The van der Waals surface area contributed by atoms with Crippen LogP contribution in [-0.4, -0.2) is 35.0 Å². The molecule has 1 amide bonds. The van der Waals surface area contributed by atoms with Gasteiger partial charge in [0.15, 0.2) is 0 Å². The van der Waals surface area contributed by atoms with Gasteiger partial charge in [0.2, 0.25) is 0 Å². The number of amides is 1. The SMILES string of the molecule is CC(C)(C)OC(=O)N[C@@H](C/C=C(\c1ccccc1)C(F)(F)F)C(=O)O. The molecule has 0 saturated heterocycles. The zero-order valence-electron chi connectivity index (χ0n) is 14.1. The second-order valence-corrected chi connectivity index (χ2v) is 6.25. The minimum Gasteiger partial charge on any atom is -0.480 e. The molecule has 0 unspecified atom stereocenters. The first-order chi connectivity index (χ1) is 11.4. The van der Waals surface area contributed by atoms with Gasteiger partial charge < -0.3 is 15.2 Å². The van der Waals surface area contributed by atoms with Crippen molar-refractivity contribution in [2.45, 2.75) is 45.0 Å². The third kappa shape index (κ3) is 7.28. The summed E-state index contributed by atoms with van der Waals surface area (Å²) in [6, 6.07) is 5.47. The summed E-state index contributed by atoms with van der Waals surface area (Å²) < 4.78 is 44.6. The second kappa shape index (κ2) is 8.04. The molecule has 0 aliphatic heterocycles. The van der Waals surface area contributed by atoms with Gasteiger partial charge in [-0.2, -0.15) is 13.2 Å². The predicted molar refractivity (Wildman–Crippen MR) is 85.9 cm³/mol. The topological polar surface area (TPSA) is 75.6 Å². The van der Waals surface area contributed by atoms with E-state index in [-0.39, 0.29) is 5.56 Å². The van der Waals surface area contributed by atoms with Gasteiger partial charge in [0.1, 0.15) is 11.6 Å². The van der Waals surface area contributed by atoms with Crippen molar-refractivity contribution < 1.29 is 32.6 Å². The van der Waals surface area contributed by atoms with Gasteiger partial charge in [0, 0.05) is 0 Å². The Morgan fingerprint density at radius 1 is 1.20 bits per heavy atom. The van der Waals surface area contributed by atoms with Crippen LogP contribution in [0.4, 0.5) is 18.0 Å². The van der Waals surface area contributed by atoms with Gasteiger partial charge in [0.25, 0.3) is 0 Å². The maximum absolute atomic E-state index is 13.2. The summed E-state index contributed by atoms with van der Waals surface area (Å²) in [5, 5.41) is 11.2. The smallest absolute Gasteiger partial charge is 0.416 e. The summed E-state index contributed by atoms with van der Waals surface area (Å²) in [5.74, 6) is -1.46. The first kappa shape index (κ1) is 20.5. The van der Waals surface area contributed by atoms with Crippen LogP contribution in [0.3, 0.4) is 0 Å². The lowest BCUT2D eigenvalue weighted by atomic mass is 10.0. The molecule has 1 atom stereocenters. The second-order valence-electron chi connectivity index (χ2n) is 6.25. The Morgan fingerprint density at radius 3 is 2.20 bits per heavy atom. The maximum Gasteiger partial charge on any atom is 0.416 e. The van der Waals surface area contributed by atoms with Crippen molar-refractivity contribution in [2.24, 2.45) is 0 Å². The third-order valence-corrected chi connectivity index (χ3v) is 2.94. The fraction of sp³-hybridized carbons (Fsp3) is 0.412. The number of carboxylic acids is 1. The number of carbonyl (C=O) groups excluding carboxylic acids is 1. The van der Waals surface area contributed by atoms with Crippen LogP contribution < -0.4 is 5.32 Å². The lowest BCUT2D eigenvalue weighted by Crippen LogP contribution is -2.43. The van der Waals surface area contributed by atoms with Gasteiger partial charge in [-0.05, 0) is 32.8 Å². The number of hydrogen-bond acceptors (Lipinski definition) is 3. The lowest BCUT2D eigenvalue weighted by molar-refractivity contribution is -0.139. The standard InChI is InChI=1S/C17H20F3NO4/c1-16(2,3)25-15(24)21-13(14(22)23)10-9-12(17(18,19)20)11-7-5-4-6-8-11/h4-9,13H,10H2,1-3H3,(H,21,24)(H,22,23)/b12-9+/t13-/m0/s1. The summed E-state index contributed by atoms with van der Waals surface area (Å²) in [5.41, 5.74) is -1.91. The molecule has 0 fully saturated rings. The zero-order valence-corrected chi connectivity index (χ0v) is 14.1. The van der Waals surface area contributed by atoms with Crippen LogP contribution in [-0.2, 0) is 9.53 Å². The lowest BCUT2D eigenvalue weighted by Gasteiger charge is -2.21. The first-order valence-electron chi connectivity index (χ1n) is 7.45. The van der Waals surface area contributed by atoms with E-state index in [1.54, 1.807) is 26.8 Å². The number of hydrogen-bond donors (Lipinski definition) is 2. The molecular formula is C17H20F3NO4. The number of ether oxygens (including phenoxy) is 1. The number of benzene rings is 1. The summed E-state index contributed by atoms with van der Waals surface area (Å²) in [7, 11) is 0. The highest BCUT2D eigenvalue weighted by molar-refractivity contribution is 5.81. The van der Waals surface area contributed by atoms with Crippen LogP contribution in [0.1, 0.15) is 32.8 Å². The molecule has 2 N–H and O–H groups in total. The molecule has 0 aliphatic rings. The Balaban J connectivity index is 2.97. The molecule has 138 valence electrons. The average molecular weight is 359 g/mol. The average Bonchev–Trinajstić information content (AvgIpc) is 2.43. The number of alkyl carbamates (subject to hydrolysis) is 1. The van der Waals surface area contributed by atoms with Crippen molar-refractivity contribution in [3.05, 3.63) is 42.0 Å². The van der Waals surface area contributed by atoms with Crippen LogP contribution in [0.25, 0.3) is 5.57 Å². The molecule has 1 aromatic carbocycles. The number of carbonyl (C=O) groups is 2. The molecule has 5 nitrogen and oxygen atoms in total. The Bertz CT molecular complexity index is 634. The van der Waals surface area contributed by atoms with Crippen LogP contribution in [0.15, 0.2) is 36.4 Å². The van der Waals surface area contributed by atoms with Gasteiger partial charge >= 0.3 is 18.2 Å². The number of allylic oxidation sites excluding steroid dienone is 1. The minimum atomic E-state index is -4.66. The van der Waals surface area contributed by atoms with Gasteiger partial charge in [-0.3, -0.25) is 0 Å². The quantitative estimate of drug-likeness (QED) is 0.833.